The Labute approximate surface area is 97.8 Å². The highest BCUT2D eigenvalue weighted by Crippen LogP contribution is 2.25. The van der Waals surface area contributed by atoms with Gasteiger partial charge in [-0.15, -0.1) is 0 Å². The molecule has 1 atom stereocenters. The van der Waals surface area contributed by atoms with Gasteiger partial charge in [0.1, 0.15) is 0 Å². The Morgan fingerprint density at radius 2 is 1.71 bits per heavy atom. The summed E-state index contributed by atoms with van der Waals surface area (Å²) in [5.41, 5.74) is 0. The van der Waals surface area contributed by atoms with Gasteiger partial charge in [-0.2, -0.15) is 0 Å². The first kappa shape index (κ1) is 10.1. The lowest BCUT2D eigenvalue weighted by atomic mass is 10.1. The molecule has 1 unspecified atom stereocenters. The molecule has 2 aromatic rings. The molecule has 2 aromatic carbocycles. The topological polar surface area (TPSA) is 37.3 Å². The van der Waals surface area contributed by atoms with Crippen LogP contribution in [0.15, 0.2) is 41.3 Å². The maximum absolute atomic E-state index is 11.0. The van der Waals surface area contributed by atoms with Crippen LogP contribution in [0.5, 0.6) is 0 Å². The van der Waals surface area contributed by atoms with Crippen molar-refractivity contribution in [3.63, 3.8) is 0 Å². The summed E-state index contributed by atoms with van der Waals surface area (Å²) in [7, 11) is 0. The third kappa shape index (κ3) is 1.69. The molecular formula is C10H7IO2S. The number of rotatable bonds is 1. The predicted octanol–water partition coefficient (Wildman–Crippen LogP) is 3.03. The number of halogens is 1. The Balaban J connectivity index is 2.88. The number of hydrogen-bond acceptors (Lipinski definition) is 1. The van der Waals surface area contributed by atoms with Crippen LogP contribution >= 0.6 is 22.6 Å². The van der Waals surface area contributed by atoms with Crippen LogP contribution in [-0.2, 0) is 11.1 Å². The van der Waals surface area contributed by atoms with Crippen molar-refractivity contribution in [3.05, 3.63) is 40.0 Å². The first-order valence-corrected chi connectivity index (χ1v) is 6.17. The first-order chi connectivity index (χ1) is 6.70. The third-order valence-electron chi connectivity index (χ3n) is 2.02. The maximum Gasteiger partial charge on any atom is 0.187 e. The highest BCUT2D eigenvalue weighted by atomic mass is 127. The van der Waals surface area contributed by atoms with E-state index in [1.54, 1.807) is 6.07 Å². The van der Waals surface area contributed by atoms with Crippen molar-refractivity contribution >= 4 is 44.4 Å². The average molecular weight is 318 g/mol. The Bertz CT molecular complexity index is 510. The fraction of sp³-hybridized carbons (Fsp3) is 0. The van der Waals surface area contributed by atoms with Crippen LogP contribution in [-0.4, -0.2) is 8.76 Å². The van der Waals surface area contributed by atoms with Gasteiger partial charge >= 0.3 is 0 Å². The Hall–Kier alpha value is -0.460. The highest BCUT2D eigenvalue weighted by Gasteiger charge is 2.07. The van der Waals surface area contributed by atoms with E-state index >= 15 is 0 Å². The van der Waals surface area contributed by atoms with Crippen LogP contribution in [0.3, 0.4) is 0 Å². The zero-order chi connectivity index (χ0) is 10.1. The van der Waals surface area contributed by atoms with Crippen molar-refractivity contribution in [2.24, 2.45) is 0 Å². The zero-order valence-corrected chi connectivity index (χ0v) is 10.1. The second-order valence-electron chi connectivity index (χ2n) is 2.84. The van der Waals surface area contributed by atoms with Gasteiger partial charge in [-0.3, -0.25) is 0 Å². The van der Waals surface area contributed by atoms with Crippen LogP contribution in [0.2, 0.25) is 0 Å². The number of hydrogen-bond donors (Lipinski definition) is 1. The van der Waals surface area contributed by atoms with E-state index in [-0.39, 0.29) is 0 Å². The van der Waals surface area contributed by atoms with Gasteiger partial charge in [0.15, 0.2) is 11.1 Å². The predicted molar refractivity (Wildman–Crippen MR) is 65.7 cm³/mol. The van der Waals surface area contributed by atoms with Gasteiger partial charge in [-0.05, 0) is 40.1 Å². The summed E-state index contributed by atoms with van der Waals surface area (Å²) in [5, 5.41) is 1.87. The summed E-state index contributed by atoms with van der Waals surface area (Å²) < 4.78 is 21.2. The number of benzene rings is 2. The molecule has 2 nitrogen and oxygen atoms in total. The average Bonchev–Trinajstić information content (AvgIpc) is 2.18. The molecule has 0 amide bonds. The van der Waals surface area contributed by atoms with E-state index in [2.05, 4.69) is 22.6 Å². The van der Waals surface area contributed by atoms with Gasteiger partial charge in [0, 0.05) is 8.96 Å². The molecule has 0 aromatic heterocycles. The summed E-state index contributed by atoms with van der Waals surface area (Å²) in [5.74, 6) is 0. The molecule has 0 aliphatic carbocycles. The monoisotopic (exact) mass is 318 g/mol. The SMILES string of the molecule is O=S(O)c1ccc(I)c2ccccc12. The molecule has 1 N–H and O–H groups in total. The first-order valence-electron chi connectivity index (χ1n) is 3.98. The third-order valence-corrected chi connectivity index (χ3v) is 3.69. The summed E-state index contributed by atoms with van der Waals surface area (Å²) in [6, 6.07) is 11.2. The summed E-state index contributed by atoms with van der Waals surface area (Å²) in [6.45, 7) is 0. The Kier molecular flexibility index (Phi) is 2.85. The van der Waals surface area contributed by atoms with E-state index in [1.807, 2.05) is 30.3 Å². The molecule has 0 spiro atoms. The van der Waals surface area contributed by atoms with E-state index in [0.29, 0.717) is 4.90 Å². The van der Waals surface area contributed by atoms with Gasteiger partial charge in [0.25, 0.3) is 0 Å². The van der Waals surface area contributed by atoms with E-state index in [0.717, 1.165) is 14.3 Å². The number of fused-ring (bicyclic) bond motifs is 1. The zero-order valence-electron chi connectivity index (χ0n) is 7.11. The lowest BCUT2D eigenvalue weighted by Crippen LogP contribution is -1.91. The van der Waals surface area contributed by atoms with Crippen LogP contribution < -0.4 is 0 Å². The second kappa shape index (κ2) is 3.96. The minimum atomic E-state index is -1.92. The molecule has 0 radical (unpaired) electrons. The Morgan fingerprint density at radius 3 is 2.36 bits per heavy atom. The molecular weight excluding hydrogens is 311 g/mol. The quantitative estimate of drug-likeness (QED) is 0.648. The molecule has 0 saturated heterocycles. The van der Waals surface area contributed by atoms with E-state index in [9.17, 15) is 4.21 Å². The van der Waals surface area contributed by atoms with Gasteiger partial charge in [-0.1, -0.05) is 24.3 Å². The van der Waals surface area contributed by atoms with Crippen LogP contribution in [0.4, 0.5) is 0 Å². The largest absolute Gasteiger partial charge is 0.302 e. The second-order valence-corrected chi connectivity index (χ2v) is 4.94. The molecule has 0 fully saturated rings. The van der Waals surface area contributed by atoms with Gasteiger partial charge < -0.3 is 4.55 Å². The summed E-state index contributed by atoms with van der Waals surface area (Å²) in [4.78, 5) is 0.473. The fourth-order valence-electron chi connectivity index (χ4n) is 1.39. The molecule has 14 heavy (non-hydrogen) atoms. The molecule has 0 aliphatic heterocycles. The minimum absolute atomic E-state index is 0.473. The molecule has 0 saturated carbocycles. The maximum atomic E-state index is 11.0. The molecule has 72 valence electrons. The smallest absolute Gasteiger partial charge is 0.187 e. The molecule has 0 aliphatic rings. The normalized spacial score (nSPS) is 13.0. The van der Waals surface area contributed by atoms with E-state index in [4.69, 9.17) is 4.55 Å². The summed E-state index contributed by atoms with van der Waals surface area (Å²) in [6.07, 6.45) is 0. The summed E-state index contributed by atoms with van der Waals surface area (Å²) >= 11 is 0.302. The minimum Gasteiger partial charge on any atom is -0.302 e. The Morgan fingerprint density at radius 1 is 1.07 bits per heavy atom. The molecule has 2 rings (SSSR count). The van der Waals surface area contributed by atoms with Crippen molar-refractivity contribution in [3.8, 4) is 0 Å². The lowest BCUT2D eigenvalue weighted by molar-refractivity contribution is 0.565. The van der Waals surface area contributed by atoms with Gasteiger partial charge in [0.05, 0.1) is 4.90 Å². The standard InChI is InChI=1S/C10H7IO2S/c11-9-5-6-10(14(12)13)8-4-2-1-3-7(8)9/h1-6H,(H,12,13). The van der Waals surface area contributed by atoms with Crippen LogP contribution in [0.1, 0.15) is 0 Å². The molecule has 4 heteroatoms. The van der Waals surface area contributed by atoms with Gasteiger partial charge in [0.2, 0.25) is 0 Å². The van der Waals surface area contributed by atoms with E-state index in [1.165, 1.54) is 0 Å². The van der Waals surface area contributed by atoms with Crippen LogP contribution in [0.25, 0.3) is 10.8 Å². The van der Waals surface area contributed by atoms with Crippen molar-refractivity contribution in [2.45, 2.75) is 4.90 Å². The van der Waals surface area contributed by atoms with Crippen molar-refractivity contribution in [1.29, 1.82) is 0 Å². The van der Waals surface area contributed by atoms with Crippen molar-refractivity contribution < 1.29 is 8.76 Å². The van der Waals surface area contributed by atoms with Gasteiger partial charge in [-0.25, -0.2) is 4.21 Å². The molecule has 0 bridgehead atoms. The van der Waals surface area contributed by atoms with Crippen molar-refractivity contribution in [1.82, 2.24) is 0 Å². The highest BCUT2D eigenvalue weighted by molar-refractivity contribution is 14.1. The lowest BCUT2D eigenvalue weighted by Gasteiger charge is -2.04. The fourth-order valence-corrected chi connectivity index (χ4v) is 2.59. The van der Waals surface area contributed by atoms with Crippen molar-refractivity contribution in [2.75, 3.05) is 0 Å². The van der Waals surface area contributed by atoms with E-state index < -0.39 is 11.1 Å². The molecule has 0 heterocycles. The van der Waals surface area contributed by atoms with Crippen LogP contribution in [0, 0.1) is 3.57 Å².